The summed E-state index contributed by atoms with van der Waals surface area (Å²) in [6.07, 6.45) is 2.89. The molecule has 2 rings (SSSR count). The fourth-order valence-electron chi connectivity index (χ4n) is 2.57. The van der Waals surface area contributed by atoms with Gasteiger partial charge in [0.25, 0.3) is 0 Å². The Morgan fingerprint density at radius 1 is 1.19 bits per heavy atom. The third-order valence-corrected chi connectivity index (χ3v) is 4.63. The maximum Gasteiger partial charge on any atom is 0.191 e. The van der Waals surface area contributed by atoms with Crippen LogP contribution in [0.5, 0.6) is 0 Å². The molecule has 0 unspecified atom stereocenters. The Labute approximate surface area is 166 Å². The van der Waals surface area contributed by atoms with Gasteiger partial charge in [0.1, 0.15) is 0 Å². The molecule has 26 heavy (non-hydrogen) atoms. The number of hydrogen-bond acceptors (Lipinski definition) is 3. The lowest BCUT2D eigenvalue weighted by molar-refractivity contribution is 0.792. The van der Waals surface area contributed by atoms with Crippen molar-refractivity contribution < 1.29 is 0 Å². The second-order valence-corrected chi connectivity index (χ2v) is 6.72. The highest BCUT2D eigenvalue weighted by atomic mass is 35.5. The third-order valence-electron chi connectivity index (χ3n) is 4.03. The summed E-state index contributed by atoms with van der Waals surface area (Å²) in [5, 5.41) is 8.41. The van der Waals surface area contributed by atoms with Crippen LogP contribution in [0.4, 0.5) is 11.4 Å². The van der Waals surface area contributed by atoms with Gasteiger partial charge in [-0.1, -0.05) is 36.7 Å². The summed E-state index contributed by atoms with van der Waals surface area (Å²) < 4.78 is 0. The first-order valence-electron chi connectivity index (χ1n) is 8.75. The standard InChI is InChI=1S/C20H25ClN4S/c1-4-13-25(5-2)17-11-9-16(10-12-17)14-22-24-20(26)23-19-8-6-7-18(21)15(19)3/h6-12,14H,4-5,13H2,1-3H3,(H2,23,24,26)/b22-14-. The topological polar surface area (TPSA) is 39.7 Å². The summed E-state index contributed by atoms with van der Waals surface area (Å²) in [5.41, 5.74) is 6.89. The fourth-order valence-corrected chi connectivity index (χ4v) is 2.91. The van der Waals surface area contributed by atoms with Gasteiger partial charge in [0, 0.05) is 29.5 Å². The highest BCUT2D eigenvalue weighted by molar-refractivity contribution is 7.80. The molecule has 0 aliphatic rings. The van der Waals surface area contributed by atoms with Crippen molar-refractivity contribution in [2.45, 2.75) is 27.2 Å². The van der Waals surface area contributed by atoms with Crippen LogP contribution >= 0.6 is 23.8 Å². The van der Waals surface area contributed by atoms with Crippen LogP contribution in [-0.2, 0) is 0 Å². The van der Waals surface area contributed by atoms with Crippen LogP contribution in [-0.4, -0.2) is 24.4 Å². The molecule has 2 N–H and O–H groups in total. The second-order valence-electron chi connectivity index (χ2n) is 5.91. The van der Waals surface area contributed by atoms with Gasteiger partial charge in [0.2, 0.25) is 0 Å². The molecule has 0 bridgehead atoms. The van der Waals surface area contributed by atoms with E-state index in [0.29, 0.717) is 10.1 Å². The van der Waals surface area contributed by atoms with Gasteiger partial charge in [-0.2, -0.15) is 5.10 Å². The van der Waals surface area contributed by atoms with Crippen molar-refractivity contribution in [1.82, 2.24) is 5.43 Å². The van der Waals surface area contributed by atoms with Crippen LogP contribution in [0.25, 0.3) is 0 Å². The van der Waals surface area contributed by atoms with E-state index >= 15 is 0 Å². The van der Waals surface area contributed by atoms with Gasteiger partial charge in [-0.25, -0.2) is 0 Å². The Kier molecular flexibility index (Phi) is 7.88. The van der Waals surface area contributed by atoms with Crippen molar-refractivity contribution in [2.75, 3.05) is 23.3 Å². The van der Waals surface area contributed by atoms with E-state index in [-0.39, 0.29) is 0 Å². The summed E-state index contributed by atoms with van der Waals surface area (Å²) in [6.45, 7) is 8.37. The normalized spacial score (nSPS) is 10.8. The Hall–Kier alpha value is -2.11. The maximum absolute atomic E-state index is 6.11. The van der Waals surface area contributed by atoms with Crippen molar-refractivity contribution in [3.05, 3.63) is 58.6 Å². The van der Waals surface area contributed by atoms with E-state index in [4.69, 9.17) is 23.8 Å². The first-order valence-corrected chi connectivity index (χ1v) is 9.54. The molecule has 6 heteroatoms. The van der Waals surface area contributed by atoms with Crippen molar-refractivity contribution in [3.8, 4) is 0 Å². The first-order chi connectivity index (χ1) is 12.5. The summed E-state index contributed by atoms with van der Waals surface area (Å²) in [5.74, 6) is 0. The van der Waals surface area contributed by atoms with E-state index in [9.17, 15) is 0 Å². The Morgan fingerprint density at radius 2 is 1.92 bits per heavy atom. The van der Waals surface area contributed by atoms with Gasteiger partial charge < -0.3 is 10.2 Å². The van der Waals surface area contributed by atoms with Crippen LogP contribution in [0.3, 0.4) is 0 Å². The molecule has 0 aliphatic carbocycles. The minimum Gasteiger partial charge on any atom is -0.372 e. The number of nitrogens with zero attached hydrogens (tertiary/aromatic N) is 2. The number of halogens is 1. The number of nitrogens with one attached hydrogen (secondary N) is 2. The van der Waals surface area contributed by atoms with E-state index in [1.165, 1.54) is 5.69 Å². The minimum absolute atomic E-state index is 0.420. The Balaban J connectivity index is 1.91. The van der Waals surface area contributed by atoms with E-state index in [1.807, 2.05) is 25.1 Å². The average molecular weight is 389 g/mol. The Bertz CT molecular complexity index is 759. The molecule has 0 aliphatic heterocycles. The van der Waals surface area contributed by atoms with Crippen LogP contribution in [0.2, 0.25) is 5.02 Å². The van der Waals surface area contributed by atoms with E-state index < -0.39 is 0 Å². The SMILES string of the molecule is CCCN(CC)c1ccc(/C=N\NC(=S)Nc2cccc(Cl)c2C)cc1. The van der Waals surface area contributed by atoms with Crippen molar-refractivity contribution >= 4 is 46.5 Å². The van der Waals surface area contributed by atoms with Crippen LogP contribution in [0.15, 0.2) is 47.6 Å². The highest BCUT2D eigenvalue weighted by Gasteiger charge is 2.04. The zero-order chi connectivity index (χ0) is 18.9. The first kappa shape index (κ1) is 20.2. The molecule has 2 aromatic carbocycles. The van der Waals surface area contributed by atoms with Gasteiger partial charge >= 0.3 is 0 Å². The molecule has 0 fully saturated rings. The largest absolute Gasteiger partial charge is 0.372 e. The monoisotopic (exact) mass is 388 g/mol. The lowest BCUT2D eigenvalue weighted by Gasteiger charge is -2.22. The summed E-state index contributed by atoms with van der Waals surface area (Å²) in [7, 11) is 0. The second kappa shape index (κ2) is 10.1. The van der Waals surface area contributed by atoms with Crippen molar-refractivity contribution in [2.24, 2.45) is 5.10 Å². The number of thiocarbonyl (C=S) groups is 1. The van der Waals surface area contributed by atoms with Crippen molar-refractivity contribution in [1.29, 1.82) is 0 Å². The van der Waals surface area contributed by atoms with E-state index in [0.717, 1.165) is 36.3 Å². The van der Waals surface area contributed by atoms with Gasteiger partial charge in [-0.15, -0.1) is 0 Å². The van der Waals surface area contributed by atoms with Gasteiger partial charge in [0.05, 0.1) is 6.21 Å². The zero-order valence-electron chi connectivity index (χ0n) is 15.4. The Morgan fingerprint density at radius 3 is 2.58 bits per heavy atom. The van der Waals surface area contributed by atoms with Crippen molar-refractivity contribution in [3.63, 3.8) is 0 Å². The summed E-state index contributed by atoms with van der Waals surface area (Å²) >= 11 is 11.4. The minimum atomic E-state index is 0.420. The quantitative estimate of drug-likeness (QED) is 0.388. The number of rotatable bonds is 7. The fraction of sp³-hybridized carbons (Fsp3) is 0.300. The maximum atomic E-state index is 6.11. The molecule has 4 nitrogen and oxygen atoms in total. The third kappa shape index (κ3) is 5.71. The molecule has 2 aromatic rings. The molecular formula is C20H25ClN4S. The van der Waals surface area contributed by atoms with Gasteiger partial charge in [-0.05, 0) is 67.9 Å². The smallest absolute Gasteiger partial charge is 0.191 e. The molecule has 0 saturated heterocycles. The van der Waals surface area contributed by atoms with E-state index in [2.05, 4.69) is 58.9 Å². The number of hydrazone groups is 1. The molecule has 0 radical (unpaired) electrons. The predicted octanol–water partition coefficient (Wildman–Crippen LogP) is 5.21. The predicted molar refractivity (Wildman–Crippen MR) is 118 cm³/mol. The summed E-state index contributed by atoms with van der Waals surface area (Å²) in [4.78, 5) is 2.35. The number of hydrogen-bond donors (Lipinski definition) is 2. The molecule has 0 aromatic heterocycles. The van der Waals surface area contributed by atoms with E-state index in [1.54, 1.807) is 6.21 Å². The molecular weight excluding hydrogens is 364 g/mol. The molecule has 138 valence electrons. The summed E-state index contributed by atoms with van der Waals surface area (Å²) in [6, 6.07) is 14.0. The van der Waals surface area contributed by atoms with Crippen LogP contribution in [0.1, 0.15) is 31.4 Å². The lowest BCUT2D eigenvalue weighted by atomic mass is 10.2. The van der Waals surface area contributed by atoms with Crippen LogP contribution in [0, 0.1) is 6.92 Å². The van der Waals surface area contributed by atoms with Gasteiger partial charge in [0.15, 0.2) is 5.11 Å². The molecule has 0 amide bonds. The molecule has 0 spiro atoms. The highest BCUT2D eigenvalue weighted by Crippen LogP contribution is 2.22. The lowest BCUT2D eigenvalue weighted by Crippen LogP contribution is -2.24. The van der Waals surface area contributed by atoms with Gasteiger partial charge in [-0.3, -0.25) is 5.43 Å². The zero-order valence-corrected chi connectivity index (χ0v) is 17.0. The molecule has 0 saturated carbocycles. The van der Waals surface area contributed by atoms with Crippen LogP contribution < -0.4 is 15.6 Å². The average Bonchev–Trinajstić information content (AvgIpc) is 2.64. The number of anilines is 2. The molecule has 0 atom stereocenters. The molecule has 0 heterocycles. The number of benzene rings is 2.